The molecule has 8 aromatic rings. The molecule has 0 amide bonds. The largest absolute Gasteiger partial charge is 0.310 e. The van der Waals surface area contributed by atoms with Crippen molar-refractivity contribution in [2.45, 2.75) is 19.3 Å². The van der Waals surface area contributed by atoms with Crippen LogP contribution in [0.2, 0.25) is 0 Å². The van der Waals surface area contributed by atoms with Crippen LogP contribution in [0.15, 0.2) is 170 Å². The molecule has 234 valence electrons. The summed E-state index contributed by atoms with van der Waals surface area (Å²) in [6.45, 7) is 4.68. The van der Waals surface area contributed by atoms with Crippen LogP contribution in [0.4, 0.5) is 17.1 Å². The first-order valence-corrected chi connectivity index (χ1v) is 16.8. The maximum absolute atomic E-state index is 4.78. The molecular weight excluding hydrogens is 597 g/mol. The Morgan fingerprint density at radius 1 is 0.429 bits per heavy atom. The normalized spacial score (nSPS) is 12.9. The molecule has 0 saturated carbocycles. The van der Waals surface area contributed by atoms with Crippen LogP contribution >= 0.6 is 0 Å². The Hall–Kier alpha value is -6.26. The Kier molecular flexibility index (Phi) is 6.77. The zero-order valence-electron chi connectivity index (χ0n) is 27.5. The van der Waals surface area contributed by atoms with Gasteiger partial charge < -0.3 is 4.90 Å². The smallest absolute Gasteiger partial charge is 0.114 e. The summed E-state index contributed by atoms with van der Waals surface area (Å²) in [6.07, 6.45) is 0. The molecule has 0 aliphatic heterocycles. The molecule has 9 rings (SSSR count). The lowest BCUT2D eigenvalue weighted by Crippen LogP contribution is -2.16. The first-order valence-electron chi connectivity index (χ1n) is 16.8. The van der Waals surface area contributed by atoms with E-state index in [1.165, 1.54) is 33.4 Å². The summed E-state index contributed by atoms with van der Waals surface area (Å²) in [5, 5.41) is 9.47. The Labute approximate surface area is 286 Å². The molecule has 0 unspecified atom stereocenters. The summed E-state index contributed by atoms with van der Waals surface area (Å²) in [6, 6.07) is 60.4. The molecule has 1 aliphatic rings. The summed E-state index contributed by atoms with van der Waals surface area (Å²) in [5.74, 6) is 0. The van der Waals surface area contributed by atoms with E-state index in [-0.39, 0.29) is 5.41 Å². The van der Waals surface area contributed by atoms with E-state index < -0.39 is 0 Å². The molecule has 4 nitrogen and oxygen atoms in total. The number of hydrogen-bond acceptors (Lipinski definition) is 3. The van der Waals surface area contributed by atoms with E-state index in [1.54, 1.807) is 4.80 Å². The van der Waals surface area contributed by atoms with Crippen molar-refractivity contribution in [2.24, 2.45) is 0 Å². The highest BCUT2D eigenvalue weighted by Crippen LogP contribution is 2.50. The summed E-state index contributed by atoms with van der Waals surface area (Å²) < 4.78 is 0. The van der Waals surface area contributed by atoms with E-state index in [9.17, 15) is 0 Å². The lowest BCUT2D eigenvalue weighted by molar-refractivity contribution is 0.660. The Bertz CT molecular complexity index is 2440. The van der Waals surface area contributed by atoms with Crippen LogP contribution in [0.3, 0.4) is 0 Å². The van der Waals surface area contributed by atoms with Gasteiger partial charge in [0.1, 0.15) is 11.0 Å². The van der Waals surface area contributed by atoms with Crippen molar-refractivity contribution in [3.05, 3.63) is 181 Å². The zero-order valence-corrected chi connectivity index (χ0v) is 27.5. The zero-order chi connectivity index (χ0) is 33.0. The number of para-hydroxylation sites is 1. The van der Waals surface area contributed by atoms with Gasteiger partial charge in [0, 0.05) is 22.5 Å². The van der Waals surface area contributed by atoms with Crippen molar-refractivity contribution in [3.8, 4) is 39.1 Å². The predicted octanol–water partition coefficient (Wildman–Crippen LogP) is 11.5. The van der Waals surface area contributed by atoms with E-state index in [0.29, 0.717) is 0 Å². The maximum Gasteiger partial charge on any atom is 0.114 e. The molecule has 1 heterocycles. The molecule has 49 heavy (non-hydrogen) atoms. The summed E-state index contributed by atoms with van der Waals surface area (Å²) in [7, 11) is 0. The lowest BCUT2D eigenvalue weighted by atomic mass is 9.82. The monoisotopic (exact) mass is 630 g/mol. The molecule has 0 N–H and O–H groups in total. The van der Waals surface area contributed by atoms with E-state index >= 15 is 0 Å². The lowest BCUT2D eigenvalue weighted by Gasteiger charge is -2.28. The molecule has 0 fully saturated rings. The van der Waals surface area contributed by atoms with Crippen molar-refractivity contribution in [1.29, 1.82) is 0 Å². The quantitative estimate of drug-likeness (QED) is 0.183. The highest BCUT2D eigenvalue weighted by molar-refractivity contribution is 5.87. The van der Waals surface area contributed by atoms with E-state index in [2.05, 4.69) is 158 Å². The molecule has 1 aromatic heterocycles. The number of fused-ring (bicyclic) bond motifs is 4. The number of nitrogens with zero attached hydrogens (tertiary/aromatic N) is 4. The fourth-order valence-electron chi connectivity index (χ4n) is 7.29. The minimum absolute atomic E-state index is 0.0877. The second-order valence-electron chi connectivity index (χ2n) is 13.2. The maximum atomic E-state index is 4.78. The number of rotatable bonds is 6. The van der Waals surface area contributed by atoms with Gasteiger partial charge in [0.15, 0.2) is 0 Å². The van der Waals surface area contributed by atoms with Crippen molar-refractivity contribution < 1.29 is 0 Å². The number of benzene rings is 7. The Morgan fingerprint density at radius 2 is 0.959 bits per heavy atom. The Morgan fingerprint density at radius 3 is 1.67 bits per heavy atom. The van der Waals surface area contributed by atoms with Crippen LogP contribution in [0.1, 0.15) is 25.0 Å². The van der Waals surface area contributed by atoms with E-state index in [1.807, 2.05) is 30.3 Å². The standard InChI is InChI=1S/C45H34N4/c1-45(2)41-16-10-9-15-39(41)40-27-26-38(30-42(40)45)48(35-22-17-32(18-23-35)31-11-5-3-6-12-31)36-24-19-33(20-25-36)34-21-28-43-44(29-34)47-49(46-43)37-13-7-4-8-14-37/h3-30H,1-2H3. The predicted molar refractivity (Wildman–Crippen MR) is 202 cm³/mol. The van der Waals surface area contributed by atoms with Crippen molar-refractivity contribution in [3.63, 3.8) is 0 Å². The minimum Gasteiger partial charge on any atom is -0.310 e. The first-order chi connectivity index (χ1) is 24.0. The van der Waals surface area contributed by atoms with Crippen LogP contribution in [-0.2, 0) is 5.41 Å². The van der Waals surface area contributed by atoms with Crippen LogP contribution < -0.4 is 4.90 Å². The molecule has 0 bridgehead atoms. The number of hydrogen-bond donors (Lipinski definition) is 0. The van der Waals surface area contributed by atoms with E-state index in [0.717, 1.165) is 44.9 Å². The SMILES string of the molecule is CC1(C)c2ccccc2-c2ccc(N(c3ccc(-c4ccccc4)cc3)c3ccc(-c4ccc5nn(-c6ccccc6)nc5c4)cc3)cc21. The van der Waals surface area contributed by atoms with Gasteiger partial charge in [0.05, 0.1) is 5.69 Å². The summed E-state index contributed by atoms with van der Waals surface area (Å²) >= 11 is 0. The third-order valence-electron chi connectivity index (χ3n) is 9.88. The van der Waals surface area contributed by atoms with Gasteiger partial charge in [0.2, 0.25) is 0 Å². The summed E-state index contributed by atoms with van der Waals surface area (Å²) in [4.78, 5) is 4.07. The highest BCUT2D eigenvalue weighted by atomic mass is 15.5. The number of anilines is 3. The van der Waals surface area contributed by atoms with Gasteiger partial charge in [-0.25, -0.2) is 0 Å². The van der Waals surface area contributed by atoms with Gasteiger partial charge in [-0.2, -0.15) is 4.80 Å². The average molecular weight is 631 g/mol. The minimum atomic E-state index is -0.0877. The third kappa shape index (κ3) is 5.01. The second kappa shape index (κ2) is 11.5. The number of aromatic nitrogens is 3. The molecule has 0 spiro atoms. The van der Waals surface area contributed by atoms with Gasteiger partial charge >= 0.3 is 0 Å². The molecule has 1 aliphatic carbocycles. The fraction of sp³-hybridized carbons (Fsp3) is 0.0667. The Balaban J connectivity index is 1.11. The van der Waals surface area contributed by atoms with Gasteiger partial charge in [-0.1, -0.05) is 123 Å². The molecule has 4 heteroatoms. The van der Waals surface area contributed by atoms with Crippen molar-refractivity contribution >= 4 is 28.1 Å². The van der Waals surface area contributed by atoms with Crippen molar-refractivity contribution in [1.82, 2.24) is 15.0 Å². The fourth-order valence-corrected chi connectivity index (χ4v) is 7.29. The van der Waals surface area contributed by atoms with Crippen LogP contribution in [0, 0.1) is 0 Å². The van der Waals surface area contributed by atoms with Gasteiger partial charge in [0.25, 0.3) is 0 Å². The second-order valence-corrected chi connectivity index (χ2v) is 13.2. The highest BCUT2D eigenvalue weighted by Gasteiger charge is 2.35. The van der Waals surface area contributed by atoms with Gasteiger partial charge in [-0.3, -0.25) is 0 Å². The van der Waals surface area contributed by atoms with Crippen LogP contribution in [-0.4, -0.2) is 15.0 Å². The topological polar surface area (TPSA) is 34.0 Å². The molecule has 0 atom stereocenters. The van der Waals surface area contributed by atoms with E-state index in [4.69, 9.17) is 10.2 Å². The molecule has 0 radical (unpaired) electrons. The van der Waals surface area contributed by atoms with Crippen molar-refractivity contribution in [2.75, 3.05) is 4.90 Å². The molecular formula is C45H34N4. The first kappa shape index (κ1) is 28.9. The van der Waals surface area contributed by atoms with Crippen LogP contribution in [0.25, 0.3) is 50.1 Å². The summed E-state index contributed by atoms with van der Waals surface area (Å²) in [5.41, 5.74) is 16.0. The third-order valence-corrected chi connectivity index (χ3v) is 9.88. The average Bonchev–Trinajstić information content (AvgIpc) is 3.69. The molecule has 0 saturated heterocycles. The van der Waals surface area contributed by atoms with Gasteiger partial charge in [-0.05, 0) is 105 Å². The molecule has 7 aromatic carbocycles. The van der Waals surface area contributed by atoms with Gasteiger partial charge in [-0.15, -0.1) is 10.2 Å². The van der Waals surface area contributed by atoms with Crippen LogP contribution in [0.5, 0.6) is 0 Å².